The molecule has 1 aliphatic heterocycles. The van der Waals surface area contributed by atoms with Gasteiger partial charge < -0.3 is 19.9 Å². The van der Waals surface area contributed by atoms with Crippen molar-refractivity contribution in [3.63, 3.8) is 0 Å². The first-order valence-electron chi connectivity index (χ1n) is 9.96. The molecule has 1 atom stereocenters. The number of rotatable bonds is 3. The summed E-state index contributed by atoms with van der Waals surface area (Å²) in [5.41, 5.74) is -1.63. The topological polar surface area (TPSA) is 183 Å². The lowest BCUT2D eigenvalue weighted by Gasteiger charge is -2.34. The van der Waals surface area contributed by atoms with Crippen LogP contribution in [-0.4, -0.2) is 79.8 Å². The van der Waals surface area contributed by atoms with Gasteiger partial charge in [0.25, 0.3) is 20.2 Å². The number of carboxylic acids is 1. The Morgan fingerprint density at radius 2 is 1.69 bits per heavy atom. The average molecular weight is 544 g/mol. The average Bonchev–Trinajstić information content (AvgIpc) is 2.66. The fourth-order valence-electron chi connectivity index (χ4n) is 3.30. The van der Waals surface area contributed by atoms with E-state index in [9.17, 15) is 30.8 Å². The van der Waals surface area contributed by atoms with Crippen molar-refractivity contribution in [3.8, 4) is 0 Å². The number of pyridine rings is 1. The Hall–Kier alpha value is -2.66. The van der Waals surface area contributed by atoms with Crippen molar-refractivity contribution in [2.24, 2.45) is 0 Å². The molecular weight excluding hydrogens is 516 g/mol. The number of benzene rings is 1. The number of nitrogens with one attached hydrogen (secondary N) is 1. The van der Waals surface area contributed by atoms with Gasteiger partial charge in [-0.25, -0.2) is 13.6 Å². The number of hydrogen-bond donors (Lipinski definition) is 4. The minimum absolute atomic E-state index is 0.0694. The Morgan fingerprint density at radius 1 is 1.17 bits per heavy atom. The molecule has 2 heterocycles. The number of carbonyl (C=O) groups is 1. The predicted molar refractivity (Wildman–Crippen MR) is 125 cm³/mol. The van der Waals surface area contributed by atoms with Crippen LogP contribution in [0, 0.1) is 11.6 Å². The van der Waals surface area contributed by atoms with Crippen LogP contribution in [0.15, 0.2) is 17.1 Å². The molecule has 1 aromatic heterocycles. The first-order chi connectivity index (χ1) is 15.8. The van der Waals surface area contributed by atoms with E-state index in [1.54, 1.807) is 11.8 Å². The highest BCUT2D eigenvalue weighted by molar-refractivity contribution is 7.85. The minimum Gasteiger partial charge on any atom is -0.477 e. The maximum absolute atomic E-state index is 15.2. The van der Waals surface area contributed by atoms with Crippen LogP contribution >= 0.6 is 0 Å². The van der Waals surface area contributed by atoms with E-state index in [1.807, 2.05) is 6.92 Å². The van der Waals surface area contributed by atoms with Crippen LogP contribution in [0.4, 0.5) is 14.5 Å². The third-order valence-electron chi connectivity index (χ3n) is 4.49. The van der Waals surface area contributed by atoms with Crippen molar-refractivity contribution in [1.29, 1.82) is 0 Å². The van der Waals surface area contributed by atoms with Gasteiger partial charge >= 0.3 is 5.97 Å². The number of aromatic nitrogens is 1. The van der Waals surface area contributed by atoms with Crippen molar-refractivity contribution in [2.45, 2.75) is 26.4 Å². The second-order valence-electron chi connectivity index (χ2n) is 7.65. The van der Waals surface area contributed by atoms with E-state index >= 15 is 4.39 Å². The van der Waals surface area contributed by atoms with Gasteiger partial charge in [0, 0.05) is 38.4 Å². The van der Waals surface area contributed by atoms with E-state index in [-0.39, 0.29) is 29.2 Å². The van der Waals surface area contributed by atoms with Gasteiger partial charge in [-0.05, 0) is 19.9 Å². The standard InChI is InChI=1S/C17H19F2N3O3.2CH4O3S/c1-3-21-8-11(17(24)25)16(23)10-6-12(18)15(13(19)14(10)21)22-5-4-20-9(2)7-22;2*1-5(2,3)4/h6,8-9,20H,3-5,7H2,1-2H3,(H,24,25);2*1H3,(H,2,3,4). The Labute approximate surface area is 200 Å². The van der Waals surface area contributed by atoms with Crippen molar-refractivity contribution < 1.29 is 44.6 Å². The molecule has 1 aromatic carbocycles. The van der Waals surface area contributed by atoms with Gasteiger partial charge in [0.05, 0.1) is 23.4 Å². The number of nitrogens with zero attached hydrogens (tertiary/aromatic N) is 2. The third-order valence-corrected chi connectivity index (χ3v) is 4.49. The number of halogens is 2. The molecule has 1 aliphatic rings. The van der Waals surface area contributed by atoms with E-state index in [1.165, 1.54) is 4.57 Å². The Morgan fingerprint density at radius 3 is 2.11 bits per heavy atom. The van der Waals surface area contributed by atoms with E-state index in [0.717, 1.165) is 12.3 Å². The van der Waals surface area contributed by atoms with E-state index in [2.05, 4.69) is 5.32 Å². The number of aryl methyl sites for hydroxylation is 1. The molecule has 0 radical (unpaired) electrons. The molecule has 3 rings (SSSR count). The molecule has 198 valence electrons. The molecule has 16 heteroatoms. The lowest BCUT2D eigenvalue weighted by molar-refractivity contribution is 0.0694. The van der Waals surface area contributed by atoms with Crippen LogP contribution in [0.3, 0.4) is 0 Å². The van der Waals surface area contributed by atoms with Crippen molar-refractivity contribution in [3.05, 3.63) is 39.7 Å². The highest BCUT2D eigenvalue weighted by atomic mass is 32.2. The van der Waals surface area contributed by atoms with Crippen LogP contribution in [0.25, 0.3) is 10.9 Å². The summed E-state index contributed by atoms with van der Waals surface area (Å²) in [5.74, 6) is -3.11. The summed E-state index contributed by atoms with van der Waals surface area (Å²) in [5, 5.41) is 12.1. The van der Waals surface area contributed by atoms with Crippen LogP contribution in [-0.2, 0) is 26.8 Å². The zero-order valence-corrected chi connectivity index (χ0v) is 21.0. The predicted octanol–water partition coefficient (Wildman–Crippen LogP) is 0.804. The molecule has 35 heavy (non-hydrogen) atoms. The molecule has 0 saturated carbocycles. The van der Waals surface area contributed by atoms with Crippen molar-refractivity contribution >= 4 is 42.8 Å². The summed E-state index contributed by atoms with van der Waals surface area (Å²) >= 11 is 0. The van der Waals surface area contributed by atoms with Gasteiger partial charge in [-0.2, -0.15) is 16.8 Å². The highest BCUT2D eigenvalue weighted by Crippen LogP contribution is 2.30. The first-order valence-corrected chi connectivity index (χ1v) is 13.7. The summed E-state index contributed by atoms with van der Waals surface area (Å²) in [6.45, 7) is 5.33. The molecule has 2 aromatic rings. The van der Waals surface area contributed by atoms with Crippen molar-refractivity contribution in [1.82, 2.24) is 9.88 Å². The Kier molecular flexibility index (Phi) is 10.3. The molecule has 1 unspecified atom stereocenters. The van der Waals surface area contributed by atoms with E-state index < -0.39 is 48.8 Å². The van der Waals surface area contributed by atoms with E-state index in [0.29, 0.717) is 32.1 Å². The molecule has 0 amide bonds. The number of piperazine rings is 1. The van der Waals surface area contributed by atoms with Gasteiger partial charge in [-0.15, -0.1) is 0 Å². The second-order valence-corrected chi connectivity index (χ2v) is 10.6. The van der Waals surface area contributed by atoms with Gasteiger partial charge in [0.15, 0.2) is 5.82 Å². The molecular formula is C19H27F2N3O9S2. The number of carboxylic acid groups (broad SMARTS) is 1. The maximum Gasteiger partial charge on any atom is 0.341 e. The largest absolute Gasteiger partial charge is 0.477 e. The van der Waals surface area contributed by atoms with Crippen LogP contribution in [0.2, 0.25) is 0 Å². The fraction of sp³-hybridized carbons (Fsp3) is 0.474. The van der Waals surface area contributed by atoms with Gasteiger partial charge in [-0.1, -0.05) is 0 Å². The number of aromatic carboxylic acids is 1. The molecule has 0 aliphatic carbocycles. The number of fused-ring (bicyclic) bond motifs is 1. The number of anilines is 1. The second kappa shape index (κ2) is 11.9. The fourth-order valence-corrected chi connectivity index (χ4v) is 3.30. The molecule has 0 spiro atoms. The molecule has 1 fully saturated rings. The zero-order valence-electron chi connectivity index (χ0n) is 19.3. The lowest BCUT2D eigenvalue weighted by Crippen LogP contribution is -2.49. The van der Waals surface area contributed by atoms with Gasteiger partial charge in [0.2, 0.25) is 5.43 Å². The summed E-state index contributed by atoms with van der Waals surface area (Å²) in [6, 6.07) is 1.02. The highest BCUT2D eigenvalue weighted by Gasteiger charge is 2.26. The third kappa shape index (κ3) is 9.48. The smallest absolute Gasteiger partial charge is 0.341 e. The van der Waals surface area contributed by atoms with Gasteiger partial charge in [0.1, 0.15) is 17.1 Å². The van der Waals surface area contributed by atoms with Gasteiger partial charge in [-0.3, -0.25) is 13.9 Å². The van der Waals surface area contributed by atoms with Crippen LogP contribution in [0.5, 0.6) is 0 Å². The lowest BCUT2D eigenvalue weighted by atomic mass is 10.1. The normalized spacial score (nSPS) is 16.1. The quantitative estimate of drug-likeness (QED) is 0.402. The van der Waals surface area contributed by atoms with E-state index in [4.69, 9.17) is 14.2 Å². The first kappa shape index (κ1) is 30.4. The Balaban J connectivity index is 0.000000519. The summed E-state index contributed by atoms with van der Waals surface area (Å²) in [7, 11) is -7.33. The maximum atomic E-state index is 15.2. The molecule has 1 saturated heterocycles. The monoisotopic (exact) mass is 543 g/mol. The summed E-state index contributed by atoms with van der Waals surface area (Å²) < 4.78 is 82.9. The molecule has 4 N–H and O–H groups in total. The Bertz CT molecular complexity index is 1310. The minimum atomic E-state index is -3.67. The molecule has 12 nitrogen and oxygen atoms in total. The number of hydrogen-bond acceptors (Lipinski definition) is 8. The van der Waals surface area contributed by atoms with Crippen LogP contribution < -0.4 is 15.6 Å². The van der Waals surface area contributed by atoms with Crippen LogP contribution in [0.1, 0.15) is 24.2 Å². The summed E-state index contributed by atoms with van der Waals surface area (Å²) in [6.07, 6.45) is 2.54. The summed E-state index contributed by atoms with van der Waals surface area (Å²) in [4.78, 5) is 25.2. The zero-order chi connectivity index (χ0) is 27.3. The SMILES string of the molecule is CCn1cc(C(=O)O)c(=O)c2cc(F)c(N3CCNC(C)C3)c(F)c21.CS(=O)(=O)O.CS(=O)(=O)O. The van der Waals surface area contributed by atoms with Crippen molar-refractivity contribution in [2.75, 3.05) is 37.0 Å². The molecule has 0 bridgehead atoms.